The molecule has 0 radical (unpaired) electrons. The molecule has 14 heavy (non-hydrogen) atoms. The van der Waals surface area contributed by atoms with Crippen LogP contribution in [0.5, 0.6) is 0 Å². The molecule has 2 nitrogen and oxygen atoms in total. The van der Waals surface area contributed by atoms with Gasteiger partial charge in [-0.15, -0.1) is 0 Å². The molecule has 0 aromatic carbocycles. The Kier molecular flexibility index (Phi) is 4.32. The Balaban J connectivity index is 2.50. The summed E-state index contributed by atoms with van der Waals surface area (Å²) >= 11 is 5.03. The Labute approximate surface area is 92.8 Å². The van der Waals surface area contributed by atoms with E-state index in [4.69, 9.17) is 18.0 Å². The van der Waals surface area contributed by atoms with Crippen molar-refractivity contribution >= 4 is 17.2 Å². The first-order chi connectivity index (χ1) is 6.52. The Hall–Kier alpha value is -0.150. The van der Waals surface area contributed by atoms with Crippen LogP contribution >= 0.6 is 12.2 Å². The van der Waals surface area contributed by atoms with E-state index >= 15 is 0 Å². The summed E-state index contributed by atoms with van der Waals surface area (Å²) in [6.07, 6.45) is 5.32. The van der Waals surface area contributed by atoms with Crippen LogP contribution in [0.4, 0.5) is 0 Å². The Morgan fingerprint density at radius 3 is 2.64 bits per heavy atom. The van der Waals surface area contributed by atoms with E-state index < -0.39 is 0 Å². The summed E-state index contributed by atoms with van der Waals surface area (Å²) in [6.45, 7) is 4.44. The lowest BCUT2D eigenvalue weighted by Crippen LogP contribution is -2.46. The normalized spacial score (nSPS) is 30.3. The van der Waals surface area contributed by atoms with Gasteiger partial charge < -0.3 is 5.73 Å². The van der Waals surface area contributed by atoms with Gasteiger partial charge in [-0.1, -0.05) is 32.0 Å². The summed E-state index contributed by atoms with van der Waals surface area (Å²) in [5, 5.41) is 0. The van der Waals surface area contributed by atoms with Crippen LogP contribution in [0.1, 0.15) is 39.5 Å². The van der Waals surface area contributed by atoms with E-state index in [2.05, 4.69) is 25.8 Å². The van der Waals surface area contributed by atoms with Crippen molar-refractivity contribution in [3.63, 3.8) is 0 Å². The Bertz CT molecular complexity index is 205. The minimum Gasteiger partial charge on any atom is -0.392 e. The molecule has 1 rings (SSSR count). The van der Waals surface area contributed by atoms with Gasteiger partial charge in [-0.2, -0.15) is 0 Å². The van der Waals surface area contributed by atoms with Crippen molar-refractivity contribution in [3.05, 3.63) is 0 Å². The first-order valence-corrected chi connectivity index (χ1v) is 5.94. The van der Waals surface area contributed by atoms with Gasteiger partial charge in [-0.25, -0.2) is 0 Å². The molecule has 0 saturated heterocycles. The summed E-state index contributed by atoms with van der Waals surface area (Å²) in [6, 6.07) is 0.913. The van der Waals surface area contributed by atoms with Gasteiger partial charge in [0.15, 0.2) is 0 Å². The molecule has 1 saturated carbocycles. The van der Waals surface area contributed by atoms with Gasteiger partial charge in [-0.3, -0.25) is 4.90 Å². The number of thiocarbonyl (C=S) groups is 1. The summed E-state index contributed by atoms with van der Waals surface area (Å²) < 4.78 is 0. The quantitative estimate of drug-likeness (QED) is 0.730. The van der Waals surface area contributed by atoms with Crippen molar-refractivity contribution in [3.8, 4) is 0 Å². The van der Waals surface area contributed by atoms with Crippen LogP contribution in [0, 0.1) is 5.92 Å². The number of hydrogen-bond acceptors (Lipinski definition) is 2. The Morgan fingerprint density at radius 1 is 1.50 bits per heavy atom. The van der Waals surface area contributed by atoms with Crippen LogP contribution in [0.25, 0.3) is 0 Å². The highest BCUT2D eigenvalue weighted by atomic mass is 32.1. The first kappa shape index (κ1) is 11.9. The van der Waals surface area contributed by atoms with E-state index in [0.717, 1.165) is 5.92 Å². The molecule has 0 bridgehead atoms. The zero-order valence-electron chi connectivity index (χ0n) is 9.49. The third-order valence-electron chi connectivity index (χ3n) is 3.51. The molecule has 3 heteroatoms. The van der Waals surface area contributed by atoms with Gasteiger partial charge in [0.1, 0.15) is 0 Å². The molecule has 2 N–H and O–H groups in total. The molecule has 0 amide bonds. The fourth-order valence-electron chi connectivity index (χ4n) is 2.29. The summed E-state index contributed by atoms with van der Waals surface area (Å²) in [5.74, 6) is 0.856. The van der Waals surface area contributed by atoms with Crippen molar-refractivity contribution in [2.45, 2.75) is 51.6 Å². The number of nitrogens with zero attached hydrogens (tertiary/aromatic N) is 1. The van der Waals surface area contributed by atoms with Crippen molar-refractivity contribution in [1.82, 2.24) is 4.90 Å². The minimum absolute atomic E-state index is 0.236. The largest absolute Gasteiger partial charge is 0.392 e. The van der Waals surface area contributed by atoms with Crippen LogP contribution in [-0.4, -0.2) is 29.0 Å². The van der Waals surface area contributed by atoms with Crippen LogP contribution in [-0.2, 0) is 0 Å². The third kappa shape index (κ3) is 2.92. The molecule has 1 aliphatic carbocycles. The van der Waals surface area contributed by atoms with Crippen LogP contribution in [0.2, 0.25) is 0 Å². The van der Waals surface area contributed by atoms with E-state index in [0.29, 0.717) is 11.0 Å². The van der Waals surface area contributed by atoms with Gasteiger partial charge in [0.2, 0.25) is 0 Å². The molecule has 1 aliphatic rings. The van der Waals surface area contributed by atoms with Gasteiger partial charge in [0.05, 0.1) is 11.0 Å². The molecule has 0 aliphatic heterocycles. The van der Waals surface area contributed by atoms with Crippen molar-refractivity contribution in [1.29, 1.82) is 0 Å². The monoisotopic (exact) mass is 214 g/mol. The molecule has 3 atom stereocenters. The fraction of sp³-hybridized carbons (Fsp3) is 0.909. The predicted octanol–water partition coefficient (Wildman–Crippen LogP) is 2.17. The number of hydrogen-bond donors (Lipinski definition) is 1. The van der Waals surface area contributed by atoms with E-state index in [1.807, 2.05) is 0 Å². The van der Waals surface area contributed by atoms with Gasteiger partial charge >= 0.3 is 0 Å². The topological polar surface area (TPSA) is 29.3 Å². The molecule has 0 spiro atoms. The molecule has 0 aromatic rings. The molecule has 0 heterocycles. The SMILES string of the molecule is CC1CCCC(N(C)C(C)C(N)=S)C1. The predicted molar refractivity (Wildman–Crippen MR) is 65.4 cm³/mol. The summed E-state index contributed by atoms with van der Waals surface area (Å²) in [4.78, 5) is 2.96. The zero-order chi connectivity index (χ0) is 10.7. The smallest absolute Gasteiger partial charge is 0.0899 e. The second-order valence-electron chi connectivity index (χ2n) is 4.67. The van der Waals surface area contributed by atoms with E-state index in [1.165, 1.54) is 25.7 Å². The maximum absolute atomic E-state index is 5.67. The van der Waals surface area contributed by atoms with Crippen molar-refractivity contribution in [2.24, 2.45) is 11.7 Å². The second-order valence-corrected chi connectivity index (χ2v) is 5.14. The van der Waals surface area contributed by atoms with E-state index in [9.17, 15) is 0 Å². The maximum atomic E-state index is 5.67. The molecule has 1 fully saturated rings. The highest BCUT2D eigenvalue weighted by molar-refractivity contribution is 7.80. The molecule has 3 unspecified atom stereocenters. The molecule has 82 valence electrons. The lowest BCUT2D eigenvalue weighted by atomic mass is 9.86. The van der Waals surface area contributed by atoms with Crippen molar-refractivity contribution in [2.75, 3.05) is 7.05 Å². The lowest BCUT2D eigenvalue weighted by molar-refractivity contribution is 0.152. The van der Waals surface area contributed by atoms with Gasteiger partial charge in [0.25, 0.3) is 0 Å². The third-order valence-corrected chi connectivity index (χ3v) is 3.85. The van der Waals surface area contributed by atoms with Gasteiger partial charge in [-0.05, 0) is 32.7 Å². The second kappa shape index (κ2) is 5.08. The average Bonchev–Trinajstić information content (AvgIpc) is 2.15. The summed E-state index contributed by atoms with van der Waals surface area (Å²) in [5.41, 5.74) is 5.67. The number of nitrogens with two attached hydrogens (primary N) is 1. The number of rotatable bonds is 3. The average molecular weight is 214 g/mol. The van der Waals surface area contributed by atoms with Crippen molar-refractivity contribution < 1.29 is 0 Å². The van der Waals surface area contributed by atoms with E-state index in [-0.39, 0.29) is 6.04 Å². The molecule has 0 aromatic heterocycles. The van der Waals surface area contributed by atoms with Gasteiger partial charge in [0, 0.05) is 6.04 Å². The highest BCUT2D eigenvalue weighted by Crippen LogP contribution is 2.27. The van der Waals surface area contributed by atoms with Crippen LogP contribution in [0.15, 0.2) is 0 Å². The Morgan fingerprint density at radius 2 is 2.14 bits per heavy atom. The standard InChI is InChI=1S/C11H22N2S/c1-8-5-4-6-10(7-8)13(3)9(2)11(12)14/h8-10H,4-7H2,1-3H3,(H2,12,14). The number of likely N-dealkylation sites (N-methyl/N-ethyl adjacent to an activating group) is 1. The first-order valence-electron chi connectivity index (χ1n) is 5.53. The minimum atomic E-state index is 0.236. The fourth-order valence-corrected chi connectivity index (χ4v) is 2.46. The summed E-state index contributed by atoms with van der Waals surface area (Å²) in [7, 11) is 2.15. The zero-order valence-corrected chi connectivity index (χ0v) is 10.3. The van der Waals surface area contributed by atoms with Crippen LogP contribution in [0.3, 0.4) is 0 Å². The van der Waals surface area contributed by atoms with Crippen LogP contribution < -0.4 is 5.73 Å². The molecular formula is C11H22N2S. The maximum Gasteiger partial charge on any atom is 0.0899 e. The highest BCUT2D eigenvalue weighted by Gasteiger charge is 2.25. The molecular weight excluding hydrogens is 192 g/mol. The lowest BCUT2D eigenvalue weighted by Gasteiger charge is -2.37. The van der Waals surface area contributed by atoms with E-state index in [1.54, 1.807) is 0 Å².